The molecule has 2 aromatic heterocycles. The Bertz CT molecular complexity index is 2270. The van der Waals surface area contributed by atoms with E-state index in [1.165, 1.54) is 20.9 Å². The van der Waals surface area contributed by atoms with Crippen LogP contribution in [0.5, 0.6) is 0 Å². The summed E-state index contributed by atoms with van der Waals surface area (Å²) in [6, 6.07) is 14.5. The molecule has 0 saturated carbocycles. The van der Waals surface area contributed by atoms with E-state index in [0.29, 0.717) is 43.6 Å². The van der Waals surface area contributed by atoms with Gasteiger partial charge in [0, 0.05) is 61.8 Å². The van der Waals surface area contributed by atoms with Crippen LogP contribution in [0.25, 0.3) is 43.6 Å². The van der Waals surface area contributed by atoms with E-state index in [9.17, 15) is 28.8 Å². The zero-order valence-corrected chi connectivity index (χ0v) is 27.1. The van der Waals surface area contributed by atoms with Crippen molar-refractivity contribution >= 4 is 79.3 Å². The SMILES string of the molecule is CC(=O)OC[C@H]1O[C@H](n2c3ccccc3c3c4c(c5c6ccccc6[nH]c5c32)C(=O)N(C)C4=O)[C@H](OC(C)=O)[C@@H](OC(C)=O)[C@@H]1OC(C)=O. The summed E-state index contributed by atoms with van der Waals surface area (Å²) in [6.07, 6.45) is -6.75. The maximum Gasteiger partial charge on any atom is 0.303 e. The maximum absolute atomic E-state index is 13.9. The van der Waals surface area contributed by atoms with Crippen LogP contribution in [0.2, 0.25) is 0 Å². The zero-order chi connectivity index (χ0) is 34.9. The van der Waals surface area contributed by atoms with Gasteiger partial charge in [0.15, 0.2) is 24.5 Å². The standard InChI is InChI=1S/C35H31N3O11/c1-15(39)45-14-23-30(46-16(2)40)31(47-17(3)41)32(48-18(4)42)35(49-23)38-22-13-9-7-11-20(22)25-27-26(33(43)37(5)34(27)44)24-19-10-6-8-12-21(19)36-28(24)29(25)38/h6-13,23,30-32,35-36H,14H2,1-5H3/t23-,30-,31+,32-,35+/m1/s1. The lowest BCUT2D eigenvalue weighted by Crippen LogP contribution is -2.60. The molecular weight excluding hydrogens is 638 g/mol. The molecule has 7 rings (SSSR count). The van der Waals surface area contributed by atoms with Crippen molar-refractivity contribution in [3.8, 4) is 0 Å². The Morgan fingerprint density at radius 3 is 1.96 bits per heavy atom. The van der Waals surface area contributed by atoms with E-state index in [2.05, 4.69) is 4.98 Å². The fourth-order valence-electron chi connectivity index (χ4n) is 7.12. The van der Waals surface area contributed by atoms with Crippen LogP contribution in [0, 0.1) is 0 Å². The van der Waals surface area contributed by atoms with Crippen molar-refractivity contribution in [1.82, 2.24) is 14.5 Å². The first-order valence-electron chi connectivity index (χ1n) is 15.5. The van der Waals surface area contributed by atoms with Crippen molar-refractivity contribution in [3.05, 3.63) is 59.7 Å². The predicted molar refractivity (Wildman–Crippen MR) is 172 cm³/mol. The summed E-state index contributed by atoms with van der Waals surface area (Å²) >= 11 is 0. The third kappa shape index (κ3) is 4.98. The fraction of sp³-hybridized carbons (Fsp3) is 0.314. The summed E-state index contributed by atoms with van der Waals surface area (Å²) in [5.41, 5.74) is 2.58. The van der Waals surface area contributed by atoms with E-state index < -0.39 is 72.9 Å². The number of amides is 2. The van der Waals surface area contributed by atoms with Crippen molar-refractivity contribution < 1.29 is 52.5 Å². The molecule has 4 heterocycles. The average Bonchev–Trinajstić information content (AvgIpc) is 3.66. The van der Waals surface area contributed by atoms with Gasteiger partial charge in [-0.3, -0.25) is 33.7 Å². The van der Waals surface area contributed by atoms with Gasteiger partial charge in [-0.15, -0.1) is 0 Å². The number of nitrogens with one attached hydrogen (secondary N) is 1. The number of imide groups is 1. The number of ether oxygens (including phenoxy) is 5. The quantitative estimate of drug-likeness (QED) is 0.158. The first kappa shape index (κ1) is 31.8. The Balaban J connectivity index is 1.61. The van der Waals surface area contributed by atoms with E-state index in [4.69, 9.17) is 23.7 Å². The highest BCUT2D eigenvalue weighted by Crippen LogP contribution is 2.47. The van der Waals surface area contributed by atoms with Gasteiger partial charge in [0.2, 0.25) is 0 Å². The minimum Gasteiger partial charge on any atom is -0.463 e. The number of H-pyrrole nitrogens is 1. The Kier molecular flexibility index (Phi) is 7.62. The fourth-order valence-corrected chi connectivity index (χ4v) is 7.12. The number of hydrogen-bond acceptors (Lipinski definition) is 11. The van der Waals surface area contributed by atoms with Gasteiger partial charge in [0.25, 0.3) is 11.8 Å². The van der Waals surface area contributed by atoms with Crippen molar-refractivity contribution in [3.63, 3.8) is 0 Å². The minimum atomic E-state index is -1.43. The van der Waals surface area contributed by atoms with Gasteiger partial charge in [0.05, 0.1) is 27.7 Å². The molecule has 1 saturated heterocycles. The van der Waals surface area contributed by atoms with E-state index in [-0.39, 0.29) is 11.1 Å². The van der Waals surface area contributed by atoms with Crippen molar-refractivity contribution in [2.45, 2.75) is 58.3 Å². The summed E-state index contributed by atoms with van der Waals surface area (Å²) in [5, 5.41) is 2.24. The molecule has 3 aromatic carbocycles. The molecule has 2 aliphatic rings. The molecule has 14 nitrogen and oxygen atoms in total. The second-order valence-corrected chi connectivity index (χ2v) is 12.0. The first-order chi connectivity index (χ1) is 23.4. The number of aromatic nitrogens is 2. The van der Waals surface area contributed by atoms with Crippen LogP contribution in [0.4, 0.5) is 0 Å². The lowest BCUT2D eigenvalue weighted by Gasteiger charge is -2.45. The average molecular weight is 670 g/mol. The zero-order valence-electron chi connectivity index (χ0n) is 27.1. The summed E-state index contributed by atoms with van der Waals surface area (Å²) in [4.78, 5) is 81.7. The number of carbonyl (C=O) groups is 6. The van der Waals surface area contributed by atoms with Gasteiger partial charge in [0.1, 0.15) is 12.7 Å². The van der Waals surface area contributed by atoms with Gasteiger partial charge >= 0.3 is 23.9 Å². The number of carbonyl (C=O) groups excluding carboxylic acids is 6. The lowest BCUT2D eigenvalue weighted by molar-refractivity contribution is -0.267. The molecular formula is C35H31N3O11. The molecule has 2 aliphatic heterocycles. The largest absolute Gasteiger partial charge is 0.463 e. The Morgan fingerprint density at radius 1 is 0.735 bits per heavy atom. The van der Waals surface area contributed by atoms with Gasteiger partial charge in [-0.25, -0.2) is 0 Å². The van der Waals surface area contributed by atoms with Crippen molar-refractivity contribution in [1.29, 1.82) is 0 Å². The molecule has 49 heavy (non-hydrogen) atoms. The van der Waals surface area contributed by atoms with Crippen LogP contribution in [0.3, 0.4) is 0 Å². The molecule has 1 fully saturated rings. The third-order valence-corrected chi connectivity index (χ3v) is 8.86. The van der Waals surface area contributed by atoms with Gasteiger partial charge in [-0.05, 0) is 12.1 Å². The van der Waals surface area contributed by atoms with E-state index in [1.54, 1.807) is 28.8 Å². The van der Waals surface area contributed by atoms with Crippen LogP contribution in [-0.2, 0) is 42.9 Å². The molecule has 252 valence electrons. The number of nitrogens with zero attached hydrogens (tertiary/aromatic N) is 2. The molecule has 2 amide bonds. The number of rotatable bonds is 6. The first-order valence-corrected chi connectivity index (χ1v) is 15.5. The number of esters is 4. The molecule has 0 unspecified atom stereocenters. The van der Waals surface area contributed by atoms with Crippen LogP contribution in [0.15, 0.2) is 48.5 Å². The highest BCUT2D eigenvalue weighted by molar-refractivity contribution is 6.39. The molecule has 0 bridgehead atoms. The highest BCUT2D eigenvalue weighted by atomic mass is 16.7. The smallest absolute Gasteiger partial charge is 0.303 e. The van der Waals surface area contributed by atoms with Crippen molar-refractivity contribution in [2.75, 3.05) is 13.7 Å². The lowest BCUT2D eigenvalue weighted by atomic mass is 9.96. The molecule has 0 spiro atoms. The maximum atomic E-state index is 13.9. The summed E-state index contributed by atoms with van der Waals surface area (Å²) in [6.45, 7) is 4.25. The molecule has 0 aliphatic carbocycles. The second-order valence-electron chi connectivity index (χ2n) is 12.0. The monoisotopic (exact) mass is 669 g/mol. The number of hydrogen-bond donors (Lipinski definition) is 1. The van der Waals surface area contributed by atoms with Gasteiger partial charge < -0.3 is 33.2 Å². The van der Waals surface area contributed by atoms with Crippen molar-refractivity contribution in [2.24, 2.45) is 0 Å². The molecule has 5 aromatic rings. The Hall–Kier alpha value is -5.76. The molecule has 14 heteroatoms. The molecule has 0 radical (unpaired) electrons. The summed E-state index contributed by atoms with van der Waals surface area (Å²) in [5.74, 6) is -3.88. The number of benzene rings is 3. The highest BCUT2D eigenvalue weighted by Gasteiger charge is 2.54. The Morgan fingerprint density at radius 2 is 1.31 bits per heavy atom. The van der Waals surface area contributed by atoms with Gasteiger partial charge in [-0.1, -0.05) is 36.4 Å². The summed E-state index contributed by atoms with van der Waals surface area (Å²) < 4.78 is 30.8. The van der Waals surface area contributed by atoms with E-state index >= 15 is 0 Å². The van der Waals surface area contributed by atoms with E-state index in [1.807, 2.05) is 24.3 Å². The number of para-hydroxylation sites is 2. The number of aromatic amines is 1. The number of fused-ring (bicyclic) bond motifs is 10. The Labute approximate surface area is 277 Å². The van der Waals surface area contributed by atoms with E-state index in [0.717, 1.165) is 18.7 Å². The van der Waals surface area contributed by atoms with Crippen LogP contribution < -0.4 is 0 Å². The topological polar surface area (TPSA) is 173 Å². The summed E-state index contributed by atoms with van der Waals surface area (Å²) in [7, 11) is 1.43. The predicted octanol–water partition coefficient (Wildman–Crippen LogP) is 3.91. The molecule has 5 atom stereocenters. The third-order valence-electron chi connectivity index (χ3n) is 8.86. The second kappa shape index (κ2) is 11.7. The minimum absolute atomic E-state index is 0.195. The van der Waals surface area contributed by atoms with Crippen LogP contribution in [0.1, 0.15) is 54.6 Å². The van der Waals surface area contributed by atoms with Crippen LogP contribution in [-0.4, -0.2) is 88.2 Å². The van der Waals surface area contributed by atoms with Crippen LogP contribution >= 0.6 is 0 Å². The molecule has 1 N–H and O–H groups in total. The normalized spacial score (nSPS) is 22.1. The van der Waals surface area contributed by atoms with Gasteiger partial charge in [-0.2, -0.15) is 0 Å².